The molecule has 0 aromatic carbocycles. The molecule has 1 amide bonds. The lowest BCUT2D eigenvalue weighted by atomic mass is 10.1. The number of rotatable bonds is 2. The molecule has 0 spiro atoms. The van der Waals surface area contributed by atoms with E-state index in [0.717, 1.165) is 6.20 Å². The SMILES string of the molecule is O=C(Cn1cccc1)N1CCc2nc3ccc(F)cn3c(=O)c2C1. The van der Waals surface area contributed by atoms with Gasteiger partial charge in [0.1, 0.15) is 18.0 Å². The number of hydrogen-bond donors (Lipinski definition) is 0. The van der Waals surface area contributed by atoms with Gasteiger partial charge in [-0.25, -0.2) is 9.37 Å². The Bertz CT molecular complexity index is 978. The average molecular weight is 326 g/mol. The number of aromatic nitrogens is 3. The number of nitrogens with zero attached hydrogens (tertiary/aromatic N) is 4. The van der Waals surface area contributed by atoms with Gasteiger partial charge < -0.3 is 9.47 Å². The van der Waals surface area contributed by atoms with Gasteiger partial charge in [-0.05, 0) is 24.3 Å². The Hall–Kier alpha value is -2.96. The lowest BCUT2D eigenvalue weighted by Crippen LogP contribution is -2.41. The maximum absolute atomic E-state index is 13.4. The van der Waals surface area contributed by atoms with Crippen LogP contribution in [0, 0.1) is 5.82 Å². The van der Waals surface area contributed by atoms with Gasteiger partial charge in [-0.1, -0.05) is 0 Å². The molecule has 0 atom stereocenters. The number of carbonyl (C=O) groups excluding carboxylic acids is 1. The molecule has 3 aromatic rings. The number of amides is 1. The topological polar surface area (TPSA) is 59.6 Å². The van der Waals surface area contributed by atoms with Crippen LogP contribution in [-0.2, 0) is 24.3 Å². The van der Waals surface area contributed by atoms with Crippen molar-refractivity contribution in [3.05, 3.63) is 70.3 Å². The van der Waals surface area contributed by atoms with Crippen LogP contribution in [0.2, 0.25) is 0 Å². The Morgan fingerprint density at radius 2 is 2.04 bits per heavy atom. The fourth-order valence-electron chi connectivity index (χ4n) is 3.02. The Morgan fingerprint density at radius 1 is 1.25 bits per heavy atom. The largest absolute Gasteiger partial charge is 0.345 e. The van der Waals surface area contributed by atoms with Crippen molar-refractivity contribution in [2.24, 2.45) is 0 Å². The first-order valence-electron chi connectivity index (χ1n) is 7.70. The lowest BCUT2D eigenvalue weighted by Gasteiger charge is -2.28. The van der Waals surface area contributed by atoms with Gasteiger partial charge in [0, 0.05) is 31.6 Å². The van der Waals surface area contributed by atoms with E-state index in [2.05, 4.69) is 4.98 Å². The van der Waals surface area contributed by atoms with Crippen molar-refractivity contribution in [3.63, 3.8) is 0 Å². The zero-order valence-electron chi connectivity index (χ0n) is 12.9. The molecule has 24 heavy (non-hydrogen) atoms. The van der Waals surface area contributed by atoms with E-state index in [9.17, 15) is 14.0 Å². The zero-order valence-corrected chi connectivity index (χ0v) is 12.9. The van der Waals surface area contributed by atoms with Crippen molar-refractivity contribution in [2.75, 3.05) is 6.54 Å². The highest BCUT2D eigenvalue weighted by Gasteiger charge is 2.25. The van der Waals surface area contributed by atoms with Crippen molar-refractivity contribution in [3.8, 4) is 0 Å². The molecule has 1 aliphatic rings. The number of halogens is 1. The minimum Gasteiger partial charge on any atom is -0.345 e. The Labute approximate surface area is 136 Å². The van der Waals surface area contributed by atoms with Crippen molar-refractivity contribution in [2.45, 2.75) is 19.5 Å². The van der Waals surface area contributed by atoms with Crippen LogP contribution in [-0.4, -0.2) is 31.3 Å². The zero-order chi connectivity index (χ0) is 16.7. The molecule has 6 nitrogen and oxygen atoms in total. The summed E-state index contributed by atoms with van der Waals surface area (Å²) in [4.78, 5) is 31.1. The van der Waals surface area contributed by atoms with Crippen molar-refractivity contribution in [1.82, 2.24) is 18.9 Å². The quantitative estimate of drug-likeness (QED) is 0.711. The van der Waals surface area contributed by atoms with Gasteiger partial charge in [-0.15, -0.1) is 0 Å². The summed E-state index contributed by atoms with van der Waals surface area (Å²) >= 11 is 0. The molecule has 122 valence electrons. The van der Waals surface area contributed by atoms with E-state index in [1.165, 1.54) is 16.5 Å². The molecule has 0 N–H and O–H groups in total. The van der Waals surface area contributed by atoms with Crippen LogP contribution in [0.15, 0.2) is 47.7 Å². The van der Waals surface area contributed by atoms with Crippen LogP contribution in [0.4, 0.5) is 4.39 Å². The van der Waals surface area contributed by atoms with E-state index in [0.29, 0.717) is 29.9 Å². The van der Waals surface area contributed by atoms with Crippen molar-refractivity contribution in [1.29, 1.82) is 0 Å². The molecule has 1 aliphatic heterocycles. The summed E-state index contributed by atoms with van der Waals surface area (Å²) in [6, 6.07) is 6.48. The maximum atomic E-state index is 13.4. The number of hydrogen-bond acceptors (Lipinski definition) is 3. The molecule has 4 heterocycles. The maximum Gasteiger partial charge on any atom is 0.263 e. The van der Waals surface area contributed by atoms with Crippen molar-refractivity contribution < 1.29 is 9.18 Å². The van der Waals surface area contributed by atoms with Crippen molar-refractivity contribution >= 4 is 11.6 Å². The second kappa shape index (κ2) is 5.59. The third kappa shape index (κ3) is 2.47. The predicted molar refractivity (Wildman–Crippen MR) is 85.0 cm³/mol. The summed E-state index contributed by atoms with van der Waals surface area (Å²) in [5.74, 6) is -0.553. The molecule has 0 unspecified atom stereocenters. The van der Waals surface area contributed by atoms with E-state index in [-0.39, 0.29) is 24.6 Å². The van der Waals surface area contributed by atoms with E-state index < -0.39 is 5.82 Å². The second-order valence-corrected chi connectivity index (χ2v) is 5.84. The van der Waals surface area contributed by atoms with Gasteiger partial charge >= 0.3 is 0 Å². The van der Waals surface area contributed by atoms with E-state index >= 15 is 0 Å². The van der Waals surface area contributed by atoms with Gasteiger partial charge in [0.05, 0.1) is 17.8 Å². The molecule has 0 bridgehead atoms. The highest BCUT2D eigenvalue weighted by atomic mass is 19.1. The normalized spacial score (nSPS) is 14.0. The number of carbonyl (C=O) groups is 1. The molecule has 0 radical (unpaired) electrons. The Morgan fingerprint density at radius 3 is 2.83 bits per heavy atom. The summed E-state index contributed by atoms with van der Waals surface area (Å²) in [5.41, 5.74) is 1.27. The van der Waals surface area contributed by atoms with Gasteiger partial charge in [-0.2, -0.15) is 0 Å². The van der Waals surface area contributed by atoms with E-state index in [1.807, 2.05) is 24.5 Å². The second-order valence-electron chi connectivity index (χ2n) is 5.84. The smallest absolute Gasteiger partial charge is 0.263 e. The predicted octanol–water partition coefficient (Wildman–Crippen LogP) is 1.22. The fourth-order valence-corrected chi connectivity index (χ4v) is 3.02. The standard InChI is InChI=1S/C17H15FN4O2/c18-12-3-4-15-19-14-5-8-21(10-13(14)17(24)22(15)9-12)16(23)11-20-6-1-2-7-20/h1-4,6-7,9H,5,8,10-11H2. The minimum absolute atomic E-state index is 0.0550. The van der Waals surface area contributed by atoms with Gasteiger partial charge in [0.15, 0.2) is 0 Å². The molecule has 0 saturated carbocycles. The molecular formula is C17H15FN4O2. The first-order valence-corrected chi connectivity index (χ1v) is 7.70. The monoisotopic (exact) mass is 326 g/mol. The molecule has 0 saturated heterocycles. The number of pyridine rings is 1. The number of fused-ring (bicyclic) bond motifs is 2. The van der Waals surface area contributed by atoms with Crippen LogP contribution in [0.1, 0.15) is 11.3 Å². The third-order valence-corrected chi connectivity index (χ3v) is 4.27. The van der Waals surface area contributed by atoms with E-state index in [1.54, 1.807) is 9.47 Å². The molecule has 0 fully saturated rings. The Balaban J connectivity index is 1.67. The first-order chi connectivity index (χ1) is 11.6. The van der Waals surface area contributed by atoms with Crippen LogP contribution >= 0.6 is 0 Å². The summed E-state index contributed by atoms with van der Waals surface area (Å²) in [6.45, 7) is 0.969. The molecule has 3 aromatic heterocycles. The molecule has 7 heteroatoms. The Kier molecular flexibility index (Phi) is 3.41. The highest BCUT2D eigenvalue weighted by Crippen LogP contribution is 2.16. The highest BCUT2D eigenvalue weighted by molar-refractivity contribution is 5.76. The summed E-state index contributed by atoms with van der Waals surface area (Å²) in [6.07, 6.45) is 5.30. The minimum atomic E-state index is -0.498. The summed E-state index contributed by atoms with van der Waals surface area (Å²) in [7, 11) is 0. The van der Waals surface area contributed by atoms with Gasteiger partial charge in [0.2, 0.25) is 5.91 Å². The fraction of sp³-hybridized carbons (Fsp3) is 0.235. The van der Waals surface area contributed by atoms with E-state index in [4.69, 9.17) is 0 Å². The van der Waals surface area contributed by atoms with Gasteiger partial charge in [-0.3, -0.25) is 14.0 Å². The third-order valence-electron chi connectivity index (χ3n) is 4.27. The van der Waals surface area contributed by atoms with Crippen LogP contribution < -0.4 is 5.56 Å². The van der Waals surface area contributed by atoms with Crippen LogP contribution in [0.3, 0.4) is 0 Å². The molecular weight excluding hydrogens is 311 g/mol. The average Bonchev–Trinajstić information content (AvgIpc) is 3.08. The molecule has 4 rings (SSSR count). The summed E-state index contributed by atoms with van der Waals surface area (Å²) in [5, 5.41) is 0. The summed E-state index contributed by atoms with van der Waals surface area (Å²) < 4.78 is 16.4. The van der Waals surface area contributed by atoms with Crippen LogP contribution in [0.25, 0.3) is 5.65 Å². The lowest BCUT2D eigenvalue weighted by molar-refractivity contribution is -0.132. The molecule has 0 aliphatic carbocycles. The van der Waals surface area contributed by atoms with Crippen LogP contribution in [0.5, 0.6) is 0 Å². The first kappa shape index (κ1) is 14.6. The van der Waals surface area contributed by atoms with Gasteiger partial charge in [0.25, 0.3) is 5.56 Å².